The third-order valence-corrected chi connectivity index (χ3v) is 7.39. The van der Waals surface area contributed by atoms with E-state index in [1.54, 1.807) is 33.3 Å². The topological polar surface area (TPSA) is 73.0 Å². The average Bonchev–Trinajstić information content (AvgIpc) is 3.41. The number of benzene rings is 3. The Labute approximate surface area is 230 Å². The molecule has 4 aromatic rings. The number of fused-ring (bicyclic) bond motifs is 1. The number of para-hydroxylation sites is 2. The molecule has 7 nitrogen and oxygen atoms in total. The molecule has 0 unspecified atom stereocenters. The van der Waals surface area contributed by atoms with Gasteiger partial charge in [0.1, 0.15) is 0 Å². The standard InChI is InChI=1S/C32H38N2O5/c1-7-22-10-8-11-23-26(20-33-31(22)23)25(24-12-9-13-28(37-4)32(24)39-6)19-30(35)34(2)17-16-21-14-15-27(36-3)29(18-21)38-5/h8-15,18,20,25,33H,7,16-17,19H2,1-6H3/t25-/m0/s1. The number of hydrogen-bond donors (Lipinski definition) is 1. The number of carbonyl (C=O) groups excluding carboxylic acids is 1. The number of likely N-dealkylation sites (N-methyl/N-ethyl adjacent to an activating group) is 1. The van der Waals surface area contributed by atoms with Crippen LogP contribution in [0, 0.1) is 0 Å². The van der Waals surface area contributed by atoms with E-state index in [2.05, 4.69) is 30.1 Å². The van der Waals surface area contributed by atoms with Crippen LogP contribution in [0.1, 0.15) is 41.5 Å². The van der Waals surface area contributed by atoms with E-state index < -0.39 is 0 Å². The molecule has 1 amide bonds. The van der Waals surface area contributed by atoms with Crippen LogP contribution < -0.4 is 18.9 Å². The molecule has 0 aliphatic heterocycles. The summed E-state index contributed by atoms with van der Waals surface area (Å²) in [6, 6.07) is 18.0. The van der Waals surface area contributed by atoms with Crippen molar-refractivity contribution in [2.75, 3.05) is 42.0 Å². The van der Waals surface area contributed by atoms with Gasteiger partial charge in [0.15, 0.2) is 23.0 Å². The van der Waals surface area contributed by atoms with Crippen LogP contribution in [0.5, 0.6) is 23.0 Å². The van der Waals surface area contributed by atoms with Gasteiger partial charge in [0.2, 0.25) is 5.91 Å². The number of ether oxygens (including phenoxy) is 4. The molecule has 0 aliphatic carbocycles. The number of methoxy groups -OCH3 is 4. The van der Waals surface area contributed by atoms with Crippen LogP contribution in [0.4, 0.5) is 0 Å². The van der Waals surface area contributed by atoms with E-state index >= 15 is 0 Å². The van der Waals surface area contributed by atoms with Crippen LogP contribution in [-0.4, -0.2) is 57.8 Å². The van der Waals surface area contributed by atoms with Gasteiger partial charge in [-0.3, -0.25) is 4.79 Å². The van der Waals surface area contributed by atoms with Gasteiger partial charge in [-0.2, -0.15) is 0 Å². The highest BCUT2D eigenvalue weighted by molar-refractivity contribution is 5.88. The van der Waals surface area contributed by atoms with Gasteiger partial charge < -0.3 is 28.8 Å². The van der Waals surface area contributed by atoms with E-state index in [-0.39, 0.29) is 18.2 Å². The molecule has 0 spiro atoms. The average molecular weight is 531 g/mol. The van der Waals surface area contributed by atoms with Crippen molar-refractivity contribution in [1.29, 1.82) is 0 Å². The van der Waals surface area contributed by atoms with Gasteiger partial charge >= 0.3 is 0 Å². The largest absolute Gasteiger partial charge is 0.493 e. The Morgan fingerprint density at radius 2 is 1.62 bits per heavy atom. The summed E-state index contributed by atoms with van der Waals surface area (Å²) in [5.74, 6) is 2.47. The number of aryl methyl sites for hydroxylation is 1. The molecule has 4 rings (SSSR count). The quantitative estimate of drug-likeness (QED) is 0.244. The molecular weight excluding hydrogens is 492 g/mol. The molecule has 0 fully saturated rings. The van der Waals surface area contributed by atoms with Crippen LogP contribution in [0.2, 0.25) is 0 Å². The van der Waals surface area contributed by atoms with Crippen molar-refractivity contribution in [3.8, 4) is 23.0 Å². The fraction of sp³-hybridized carbons (Fsp3) is 0.344. The summed E-state index contributed by atoms with van der Waals surface area (Å²) in [7, 11) is 8.36. The second-order valence-electron chi connectivity index (χ2n) is 9.53. The number of aromatic amines is 1. The van der Waals surface area contributed by atoms with Gasteiger partial charge in [0.05, 0.1) is 28.4 Å². The number of nitrogens with one attached hydrogen (secondary N) is 1. The Balaban J connectivity index is 1.64. The van der Waals surface area contributed by atoms with Crippen LogP contribution in [0.15, 0.2) is 60.8 Å². The van der Waals surface area contributed by atoms with Crippen molar-refractivity contribution < 1.29 is 23.7 Å². The van der Waals surface area contributed by atoms with Crippen LogP contribution in [0.25, 0.3) is 10.9 Å². The molecule has 0 saturated carbocycles. The molecule has 3 aromatic carbocycles. The van der Waals surface area contributed by atoms with Crippen molar-refractivity contribution in [3.63, 3.8) is 0 Å². The molecule has 1 heterocycles. The molecule has 39 heavy (non-hydrogen) atoms. The molecule has 0 radical (unpaired) electrons. The number of carbonyl (C=O) groups is 1. The molecular formula is C32H38N2O5. The first-order valence-electron chi connectivity index (χ1n) is 13.2. The number of hydrogen-bond acceptors (Lipinski definition) is 5. The molecule has 7 heteroatoms. The van der Waals surface area contributed by atoms with E-state index in [4.69, 9.17) is 18.9 Å². The van der Waals surface area contributed by atoms with Crippen LogP contribution in [-0.2, 0) is 17.6 Å². The maximum atomic E-state index is 13.7. The van der Waals surface area contributed by atoms with Crippen molar-refractivity contribution in [3.05, 3.63) is 83.0 Å². The predicted molar refractivity (Wildman–Crippen MR) is 155 cm³/mol. The highest BCUT2D eigenvalue weighted by Crippen LogP contribution is 2.42. The van der Waals surface area contributed by atoms with Crippen LogP contribution in [0.3, 0.4) is 0 Å². The first-order chi connectivity index (χ1) is 18.9. The summed E-state index contributed by atoms with van der Waals surface area (Å²) < 4.78 is 22.2. The first-order valence-corrected chi connectivity index (χ1v) is 13.2. The summed E-state index contributed by atoms with van der Waals surface area (Å²) in [5.41, 5.74) is 5.40. The first kappa shape index (κ1) is 27.9. The monoisotopic (exact) mass is 530 g/mol. The fourth-order valence-electron chi connectivity index (χ4n) is 5.18. The van der Waals surface area contributed by atoms with Gasteiger partial charge in [-0.25, -0.2) is 0 Å². The molecule has 1 aromatic heterocycles. The van der Waals surface area contributed by atoms with Gasteiger partial charge in [-0.1, -0.05) is 43.3 Å². The number of nitrogens with zero attached hydrogens (tertiary/aromatic N) is 1. The lowest BCUT2D eigenvalue weighted by Crippen LogP contribution is -2.30. The summed E-state index contributed by atoms with van der Waals surface area (Å²) in [4.78, 5) is 18.9. The third-order valence-electron chi connectivity index (χ3n) is 7.39. The van der Waals surface area contributed by atoms with Gasteiger partial charge in [-0.15, -0.1) is 0 Å². The molecule has 1 atom stereocenters. The minimum Gasteiger partial charge on any atom is -0.493 e. The SMILES string of the molecule is CCc1cccc2c([C@@H](CC(=O)N(C)CCc3ccc(OC)c(OC)c3)c3cccc(OC)c3OC)c[nH]c12. The Hall–Kier alpha value is -4.13. The lowest BCUT2D eigenvalue weighted by atomic mass is 9.86. The van der Waals surface area contributed by atoms with Crippen molar-refractivity contribution >= 4 is 16.8 Å². The maximum Gasteiger partial charge on any atom is 0.223 e. The second kappa shape index (κ2) is 12.6. The van der Waals surface area contributed by atoms with Crippen molar-refractivity contribution in [1.82, 2.24) is 9.88 Å². The van der Waals surface area contributed by atoms with Crippen LogP contribution >= 0.6 is 0 Å². The number of amides is 1. The Bertz CT molecular complexity index is 1430. The predicted octanol–water partition coefficient (Wildman–Crippen LogP) is 5.99. The highest BCUT2D eigenvalue weighted by Gasteiger charge is 2.27. The number of aromatic nitrogens is 1. The van der Waals surface area contributed by atoms with E-state index in [9.17, 15) is 4.79 Å². The van der Waals surface area contributed by atoms with Gasteiger partial charge in [-0.05, 0) is 47.7 Å². The Kier molecular flexibility index (Phi) is 9.02. The molecule has 1 N–H and O–H groups in total. The summed E-state index contributed by atoms with van der Waals surface area (Å²) in [6.07, 6.45) is 3.94. The lowest BCUT2D eigenvalue weighted by molar-refractivity contribution is -0.130. The Morgan fingerprint density at radius 3 is 2.31 bits per heavy atom. The lowest BCUT2D eigenvalue weighted by Gasteiger charge is -2.24. The van der Waals surface area contributed by atoms with Gasteiger partial charge in [0, 0.05) is 48.6 Å². The van der Waals surface area contributed by atoms with E-state index in [0.717, 1.165) is 34.0 Å². The summed E-state index contributed by atoms with van der Waals surface area (Å²) >= 11 is 0. The maximum absolute atomic E-state index is 13.7. The number of H-pyrrole nitrogens is 1. The zero-order valence-corrected chi connectivity index (χ0v) is 23.7. The summed E-state index contributed by atoms with van der Waals surface area (Å²) in [5, 5.41) is 1.12. The number of rotatable bonds is 12. The van der Waals surface area contributed by atoms with E-state index in [0.29, 0.717) is 36.0 Å². The fourth-order valence-corrected chi connectivity index (χ4v) is 5.18. The molecule has 0 bridgehead atoms. The smallest absolute Gasteiger partial charge is 0.223 e. The zero-order chi connectivity index (χ0) is 27.9. The Morgan fingerprint density at radius 1 is 0.872 bits per heavy atom. The minimum atomic E-state index is -0.230. The molecule has 0 saturated heterocycles. The van der Waals surface area contributed by atoms with E-state index in [1.807, 2.05) is 49.6 Å². The summed E-state index contributed by atoms with van der Waals surface area (Å²) in [6.45, 7) is 2.72. The zero-order valence-electron chi connectivity index (χ0n) is 23.7. The minimum absolute atomic E-state index is 0.0475. The van der Waals surface area contributed by atoms with E-state index in [1.165, 1.54) is 5.56 Å². The van der Waals surface area contributed by atoms with Crippen molar-refractivity contribution in [2.24, 2.45) is 0 Å². The molecule has 0 aliphatic rings. The normalized spacial score (nSPS) is 11.7. The highest BCUT2D eigenvalue weighted by atomic mass is 16.5. The second-order valence-corrected chi connectivity index (χ2v) is 9.53. The third kappa shape index (κ3) is 5.82. The molecule has 206 valence electrons. The van der Waals surface area contributed by atoms with Gasteiger partial charge in [0.25, 0.3) is 0 Å². The van der Waals surface area contributed by atoms with Crippen molar-refractivity contribution in [2.45, 2.75) is 32.1 Å².